The van der Waals surface area contributed by atoms with Crippen LogP contribution in [0, 0.1) is 0 Å². The summed E-state index contributed by atoms with van der Waals surface area (Å²) >= 11 is 0. The highest BCUT2D eigenvalue weighted by atomic mass is 16.5. The maximum Gasteiger partial charge on any atom is 0.122 e. The zero-order valence-electron chi connectivity index (χ0n) is 13.1. The van der Waals surface area contributed by atoms with Gasteiger partial charge in [-0.3, -0.25) is 0 Å². The van der Waals surface area contributed by atoms with Gasteiger partial charge in [0.05, 0.1) is 18.8 Å². The number of para-hydroxylation sites is 1. The molecule has 4 nitrogen and oxygen atoms in total. The van der Waals surface area contributed by atoms with E-state index in [1.165, 1.54) is 5.56 Å². The Hall–Kier alpha value is -1.10. The molecule has 0 aromatic heterocycles. The van der Waals surface area contributed by atoms with Gasteiger partial charge in [0.2, 0.25) is 0 Å². The molecule has 2 atom stereocenters. The number of benzene rings is 1. The molecule has 1 heterocycles. The van der Waals surface area contributed by atoms with E-state index in [2.05, 4.69) is 11.4 Å². The summed E-state index contributed by atoms with van der Waals surface area (Å²) in [4.78, 5) is 0. The lowest BCUT2D eigenvalue weighted by molar-refractivity contribution is 0.0304. The molecule has 118 valence electrons. The summed E-state index contributed by atoms with van der Waals surface area (Å²) in [5.41, 5.74) is 0.575. The van der Waals surface area contributed by atoms with Crippen LogP contribution in [0.4, 0.5) is 0 Å². The Kier molecular flexibility index (Phi) is 6.03. The number of fused-ring (bicyclic) bond motifs is 1. The summed E-state index contributed by atoms with van der Waals surface area (Å²) in [5, 5.41) is 13.9. The third-order valence-corrected chi connectivity index (χ3v) is 4.09. The molecule has 1 aliphatic heterocycles. The summed E-state index contributed by atoms with van der Waals surface area (Å²) in [7, 11) is 1.69. The van der Waals surface area contributed by atoms with Gasteiger partial charge in [0.15, 0.2) is 0 Å². The molecular formula is C17H27NO3. The van der Waals surface area contributed by atoms with Crippen LogP contribution in [0.15, 0.2) is 24.3 Å². The molecule has 0 radical (unpaired) electrons. The van der Waals surface area contributed by atoms with Crippen molar-refractivity contribution >= 4 is 0 Å². The van der Waals surface area contributed by atoms with Gasteiger partial charge in [-0.2, -0.15) is 0 Å². The van der Waals surface area contributed by atoms with Crippen LogP contribution < -0.4 is 10.1 Å². The van der Waals surface area contributed by atoms with Gasteiger partial charge >= 0.3 is 0 Å². The average Bonchev–Trinajstić information content (AvgIpc) is 2.47. The van der Waals surface area contributed by atoms with Crippen molar-refractivity contribution in [2.75, 3.05) is 33.4 Å². The van der Waals surface area contributed by atoms with Crippen LogP contribution in [-0.2, 0) is 4.74 Å². The minimum absolute atomic E-state index is 0.379. The van der Waals surface area contributed by atoms with Crippen molar-refractivity contribution in [3.05, 3.63) is 29.8 Å². The van der Waals surface area contributed by atoms with Crippen LogP contribution in [0.3, 0.4) is 0 Å². The van der Waals surface area contributed by atoms with E-state index in [0.29, 0.717) is 12.5 Å². The third kappa shape index (κ3) is 4.99. The fraction of sp³-hybridized carbons (Fsp3) is 0.647. The summed E-state index contributed by atoms with van der Waals surface area (Å²) in [6.45, 7) is 5.01. The second kappa shape index (κ2) is 7.78. The molecule has 0 aliphatic carbocycles. The Bertz CT molecular complexity index is 434. The summed E-state index contributed by atoms with van der Waals surface area (Å²) in [6, 6.07) is 8.18. The zero-order valence-corrected chi connectivity index (χ0v) is 13.1. The first kappa shape index (κ1) is 16.3. The van der Waals surface area contributed by atoms with Gasteiger partial charge in [-0.1, -0.05) is 18.2 Å². The molecule has 0 fully saturated rings. The quantitative estimate of drug-likeness (QED) is 0.722. The number of aliphatic hydroxyl groups is 1. The number of nitrogens with one attached hydrogen (secondary N) is 1. The predicted octanol–water partition coefficient (Wildman–Crippen LogP) is 2.32. The molecule has 0 saturated heterocycles. The van der Waals surface area contributed by atoms with Gasteiger partial charge < -0.3 is 19.9 Å². The maximum absolute atomic E-state index is 10.6. The highest BCUT2D eigenvalue weighted by molar-refractivity contribution is 5.37. The van der Waals surface area contributed by atoms with Crippen LogP contribution in [0.1, 0.15) is 37.7 Å². The van der Waals surface area contributed by atoms with E-state index in [-0.39, 0.29) is 0 Å². The largest absolute Gasteiger partial charge is 0.493 e. The highest BCUT2D eigenvalue weighted by Crippen LogP contribution is 2.38. The van der Waals surface area contributed by atoms with E-state index in [1.54, 1.807) is 7.11 Å². The maximum atomic E-state index is 10.6. The first-order valence-electron chi connectivity index (χ1n) is 7.76. The second-order valence-corrected chi connectivity index (χ2v) is 6.07. The van der Waals surface area contributed by atoms with Gasteiger partial charge in [-0.05, 0) is 50.3 Å². The Balaban J connectivity index is 1.86. The fourth-order valence-electron chi connectivity index (χ4n) is 2.92. The van der Waals surface area contributed by atoms with Crippen molar-refractivity contribution in [3.63, 3.8) is 0 Å². The van der Waals surface area contributed by atoms with E-state index in [0.717, 1.165) is 44.7 Å². The molecule has 1 aromatic carbocycles. The molecule has 0 spiro atoms. The van der Waals surface area contributed by atoms with Gasteiger partial charge in [0.25, 0.3) is 0 Å². The summed E-state index contributed by atoms with van der Waals surface area (Å²) < 4.78 is 10.7. The van der Waals surface area contributed by atoms with Crippen LogP contribution in [0.5, 0.6) is 5.75 Å². The van der Waals surface area contributed by atoms with Gasteiger partial charge in [0, 0.05) is 13.7 Å². The number of hydrogen-bond acceptors (Lipinski definition) is 4. The van der Waals surface area contributed by atoms with E-state index < -0.39 is 5.60 Å². The molecule has 2 N–H and O–H groups in total. The standard InChI is InChI=1S/C17H27NO3/c1-17(19,8-9-18-10-12-20-2)13-14-7-11-21-16-6-4-3-5-15(14)16/h3-6,14,18-19H,7-13H2,1-2H3. The fourth-order valence-corrected chi connectivity index (χ4v) is 2.92. The first-order valence-corrected chi connectivity index (χ1v) is 7.76. The van der Waals surface area contributed by atoms with Gasteiger partial charge in [0.1, 0.15) is 5.75 Å². The van der Waals surface area contributed by atoms with Crippen molar-refractivity contribution in [2.24, 2.45) is 0 Å². The Morgan fingerprint density at radius 3 is 3.00 bits per heavy atom. The highest BCUT2D eigenvalue weighted by Gasteiger charge is 2.29. The number of ether oxygens (including phenoxy) is 2. The van der Waals surface area contributed by atoms with Gasteiger partial charge in [-0.15, -0.1) is 0 Å². The Morgan fingerprint density at radius 2 is 2.19 bits per heavy atom. The second-order valence-electron chi connectivity index (χ2n) is 6.07. The first-order chi connectivity index (χ1) is 10.1. The zero-order chi connectivity index (χ0) is 15.1. The third-order valence-electron chi connectivity index (χ3n) is 4.09. The lowest BCUT2D eigenvalue weighted by Crippen LogP contribution is -2.33. The molecule has 21 heavy (non-hydrogen) atoms. The molecule has 0 amide bonds. The molecule has 0 saturated carbocycles. The van der Waals surface area contributed by atoms with Crippen LogP contribution in [0.2, 0.25) is 0 Å². The SMILES string of the molecule is COCCNCCC(C)(O)CC1CCOc2ccccc21. The summed E-state index contributed by atoms with van der Waals surface area (Å²) in [5.74, 6) is 1.35. The Labute approximate surface area is 127 Å². The topological polar surface area (TPSA) is 50.7 Å². The van der Waals surface area contributed by atoms with Crippen molar-refractivity contribution in [3.8, 4) is 5.75 Å². The average molecular weight is 293 g/mol. The van der Waals surface area contributed by atoms with Crippen LogP contribution in [0.25, 0.3) is 0 Å². The van der Waals surface area contributed by atoms with Crippen molar-refractivity contribution in [1.82, 2.24) is 5.32 Å². The van der Waals surface area contributed by atoms with Gasteiger partial charge in [-0.25, -0.2) is 0 Å². The number of rotatable bonds is 8. The minimum Gasteiger partial charge on any atom is -0.493 e. The smallest absolute Gasteiger partial charge is 0.122 e. The number of methoxy groups -OCH3 is 1. The number of hydrogen-bond donors (Lipinski definition) is 2. The molecule has 4 heteroatoms. The van der Waals surface area contributed by atoms with E-state index in [4.69, 9.17) is 9.47 Å². The molecule has 0 bridgehead atoms. The van der Waals surface area contributed by atoms with E-state index in [1.807, 2.05) is 25.1 Å². The Morgan fingerprint density at radius 1 is 1.38 bits per heavy atom. The monoisotopic (exact) mass is 293 g/mol. The van der Waals surface area contributed by atoms with Crippen molar-refractivity contribution in [2.45, 2.75) is 37.7 Å². The predicted molar refractivity (Wildman–Crippen MR) is 83.9 cm³/mol. The summed E-state index contributed by atoms with van der Waals surface area (Å²) in [6.07, 6.45) is 2.50. The van der Waals surface area contributed by atoms with Crippen LogP contribution >= 0.6 is 0 Å². The van der Waals surface area contributed by atoms with Crippen molar-refractivity contribution in [1.29, 1.82) is 0 Å². The van der Waals surface area contributed by atoms with Crippen LogP contribution in [-0.4, -0.2) is 44.1 Å². The molecule has 2 rings (SSSR count). The minimum atomic E-state index is -0.658. The van der Waals surface area contributed by atoms with E-state index >= 15 is 0 Å². The van der Waals surface area contributed by atoms with Crippen molar-refractivity contribution < 1.29 is 14.6 Å². The molecule has 1 aliphatic rings. The molecule has 2 unspecified atom stereocenters. The lowest BCUT2D eigenvalue weighted by Gasteiger charge is -2.32. The molecular weight excluding hydrogens is 266 g/mol. The van der Waals surface area contributed by atoms with E-state index in [9.17, 15) is 5.11 Å². The lowest BCUT2D eigenvalue weighted by atomic mass is 9.82. The normalized spacial score (nSPS) is 20.4. The molecule has 1 aromatic rings.